The maximum absolute atomic E-state index is 12.1. The number of fused-ring (bicyclic) bond motifs is 1. The lowest BCUT2D eigenvalue weighted by Gasteiger charge is -2.21. The van der Waals surface area contributed by atoms with Gasteiger partial charge in [-0.25, -0.2) is 13.4 Å². The molecule has 0 spiro atoms. The average Bonchev–Trinajstić information content (AvgIpc) is 3.24. The molecule has 1 aromatic heterocycles. The highest BCUT2D eigenvalue weighted by molar-refractivity contribution is 7.92. The predicted molar refractivity (Wildman–Crippen MR) is 122 cm³/mol. The molecule has 1 unspecified atom stereocenters. The second-order valence-corrected chi connectivity index (χ2v) is 9.57. The minimum atomic E-state index is -3.28. The Balaban J connectivity index is 0.00000240. The topological polar surface area (TPSA) is 71.5 Å². The first-order chi connectivity index (χ1) is 13.3. The van der Waals surface area contributed by atoms with E-state index in [0.717, 1.165) is 39.1 Å². The van der Waals surface area contributed by atoms with Crippen LogP contribution in [0.2, 0.25) is 0 Å². The van der Waals surface area contributed by atoms with Gasteiger partial charge in [0.15, 0.2) is 5.13 Å². The second kappa shape index (κ2) is 8.22. The number of hydrogen-bond donors (Lipinski definition) is 1. The number of halogens is 1. The summed E-state index contributed by atoms with van der Waals surface area (Å²) in [4.78, 5) is 4.68. The van der Waals surface area contributed by atoms with Crippen LogP contribution in [0.5, 0.6) is 5.75 Å². The highest BCUT2D eigenvalue weighted by atomic mass is 35.5. The van der Waals surface area contributed by atoms with Crippen molar-refractivity contribution in [3.05, 3.63) is 53.4 Å². The molecule has 2 aromatic carbocycles. The molecule has 0 bridgehead atoms. The number of benzene rings is 2. The number of nitrogens with one attached hydrogen (secondary N) is 1. The molecule has 4 rings (SSSR count). The van der Waals surface area contributed by atoms with Crippen molar-refractivity contribution < 1.29 is 13.2 Å². The molecule has 1 aliphatic heterocycles. The van der Waals surface area contributed by atoms with E-state index in [1.54, 1.807) is 7.11 Å². The van der Waals surface area contributed by atoms with E-state index in [1.165, 1.54) is 21.9 Å². The highest BCUT2D eigenvalue weighted by Gasteiger charge is 2.32. The third kappa shape index (κ3) is 4.34. The van der Waals surface area contributed by atoms with E-state index >= 15 is 0 Å². The van der Waals surface area contributed by atoms with Crippen LogP contribution in [0.25, 0.3) is 11.3 Å². The number of thiazole rings is 1. The lowest BCUT2D eigenvalue weighted by atomic mass is 10.1. The first kappa shape index (κ1) is 21.4. The fraction of sp³-hybridized carbons (Fsp3) is 0.250. The molecule has 9 heteroatoms. The van der Waals surface area contributed by atoms with Crippen LogP contribution in [0.3, 0.4) is 0 Å². The predicted octanol–water partition coefficient (Wildman–Crippen LogP) is 4.69. The van der Waals surface area contributed by atoms with Crippen molar-refractivity contribution in [1.29, 1.82) is 0 Å². The Bertz CT molecular complexity index is 1130. The van der Waals surface area contributed by atoms with Gasteiger partial charge in [-0.1, -0.05) is 12.1 Å². The van der Waals surface area contributed by atoms with Gasteiger partial charge in [0.2, 0.25) is 10.0 Å². The summed E-state index contributed by atoms with van der Waals surface area (Å²) in [5.74, 6) is 0.782. The highest BCUT2D eigenvalue weighted by Crippen LogP contribution is 2.37. The number of ether oxygens (including phenoxy) is 1. The second-order valence-electron chi connectivity index (χ2n) is 6.85. The zero-order valence-electron chi connectivity index (χ0n) is 16.2. The molecular formula is C20H22ClN3O3S2. The summed E-state index contributed by atoms with van der Waals surface area (Å²) in [6, 6.07) is 13.5. The Labute approximate surface area is 181 Å². The molecule has 154 valence electrons. The summed E-state index contributed by atoms with van der Waals surface area (Å²) >= 11 is 1.52. The van der Waals surface area contributed by atoms with E-state index in [2.05, 4.69) is 10.3 Å². The van der Waals surface area contributed by atoms with E-state index in [9.17, 15) is 8.42 Å². The van der Waals surface area contributed by atoms with Crippen molar-refractivity contribution in [2.75, 3.05) is 23.0 Å². The van der Waals surface area contributed by atoms with Crippen molar-refractivity contribution >= 4 is 50.3 Å². The number of rotatable bonds is 5. The molecule has 0 aliphatic carbocycles. The van der Waals surface area contributed by atoms with Crippen molar-refractivity contribution in [2.24, 2.45) is 0 Å². The zero-order valence-corrected chi connectivity index (χ0v) is 18.7. The zero-order chi connectivity index (χ0) is 19.9. The number of anilines is 3. The average molecular weight is 452 g/mol. The van der Waals surface area contributed by atoms with Crippen LogP contribution in [-0.2, 0) is 16.4 Å². The van der Waals surface area contributed by atoms with Gasteiger partial charge in [0.05, 0.1) is 24.7 Å². The van der Waals surface area contributed by atoms with E-state index < -0.39 is 10.0 Å². The molecule has 29 heavy (non-hydrogen) atoms. The molecule has 1 aliphatic rings. The smallest absolute Gasteiger partial charge is 0.232 e. The first-order valence-electron chi connectivity index (χ1n) is 8.84. The van der Waals surface area contributed by atoms with Gasteiger partial charge in [-0.15, -0.1) is 23.7 Å². The number of hydrogen-bond acceptors (Lipinski definition) is 6. The van der Waals surface area contributed by atoms with E-state index in [0.29, 0.717) is 6.42 Å². The molecule has 0 saturated heterocycles. The molecule has 2 heterocycles. The van der Waals surface area contributed by atoms with Crippen LogP contribution in [0.15, 0.2) is 47.8 Å². The Kier molecular flexibility index (Phi) is 6.07. The molecule has 0 amide bonds. The normalized spacial score (nSPS) is 15.6. The van der Waals surface area contributed by atoms with E-state index in [-0.39, 0.29) is 18.4 Å². The first-order valence-corrected chi connectivity index (χ1v) is 11.6. The van der Waals surface area contributed by atoms with Crippen molar-refractivity contribution in [3.8, 4) is 17.0 Å². The molecule has 1 N–H and O–H groups in total. The van der Waals surface area contributed by atoms with Crippen LogP contribution in [0.1, 0.15) is 12.5 Å². The maximum atomic E-state index is 12.1. The van der Waals surface area contributed by atoms with Gasteiger partial charge >= 0.3 is 0 Å². The summed E-state index contributed by atoms with van der Waals surface area (Å²) in [6.45, 7) is 1.93. The number of nitrogens with zero attached hydrogens (tertiary/aromatic N) is 2. The third-order valence-electron chi connectivity index (χ3n) is 4.71. The van der Waals surface area contributed by atoms with Crippen LogP contribution in [-0.4, -0.2) is 32.8 Å². The third-order valence-corrected chi connectivity index (χ3v) is 6.74. The minimum absolute atomic E-state index is 0. The minimum Gasteiger partial charge on any atom is -0.497 e. The Morgan fingerprint density at radius 3 is 2.76 bits per heavy atom. The summed E-state index contributed by atoms with van der Waals surface area (Å²) in [6.07, 6.45) is 1.96. The molecule has 0 saturated carbocycles. The molecule has 1 atom stereocenters. The quantitative estimate of drug-likeness (QED) is 0.609. The number of aromatic nitrogens is 1. The maximum Gasteiger partial charge on any atom is 0.232 e. The molecule has 0 radical (unpaired) electrons. The van der Waals surface area contributed by atoms with Crippen molar-refractivity contribution in [1.82, 2.24) is 4.98 Å². The number of methoxy groups -OCH3 is 1. The van der Waals surface area contributed by atoms with Gasteiger partial charge in [-0.2, -0.15) is 0 Å². The van der Waals surface area contributed by atoms with Crippen molar-refractivity contribution in [3.63, 3.8) is 0 Å². The van der Waals surface area contributed by atoms with Gasteiger partial charge in [0.25, 0.3) is 0 Å². The Hall–Kier alpha value is -2.29. The summed E-state index contributed by atoms with van der Waals surface area (Å²) < 4.78 is 30.9. The number of sulfonamides is 1. The van der Waals surface area contributed by atoms with E-state index in [1.807, 2.05) is 54.8 Å². The monoisotopic (exact) mass is 451 g/mol. The lowest BCUT2D eigenvalue weighted by Crippen LogP contribution is -2.34. The van der Waals surface area contributed by atoms with Gasteiger partial charge in [-0.05, 0) is 43.2 Å². The molecular weight excluding hydrogens is 430 g/mol. The molecule has 6 nitrogen and oxygen atoms in total. The lowest BCUT2D eigenvalue weighted by molar-refractivity contribution is 0.415. The van der Waals surface area contributed by atoms with Gasteiger partial charge in [-0.3, -0.25) is 4.31 Å². The summed E-state index contributed by atoms with van der Waals surface area (Å²) in [5.41, 5.74) is 4.56. The van der Waals surface area contributed by atoms with Crippen LogP contribution in [0, 0.1) is 0 Å². The molecule has 0 fully saturated rings. The SMILES string of the molecule is COc1cccc(Nc2nc(-c3ccc4c(c3)CC(C)N4S(C)(=O)=O)cs2)c1.Cl. The standard InChI is InChI=1S/C20H21N3O3S2.ClH/c1-13-9-15-10-14(7-8-19(15)23(13)28(3,24)25)18-12-27-20(22-18)21-16-5-4-6-17(11-16)26-2;/h4-8,10-13H,9H2,1-3H3,(H,21,22);1H. The fourth-order valence-corrected chi connectivity index (χ4v) is 5.56. The summed E-state index contributed by atoms with van der Waals surface area (Å²) in [5, 5.41) is 6.08. The Morgan fingerprint density at radius 1 is 1.24 bits per heavy atom. The van der Waals surface area contributed by atoms with Gasteiger partial charge < -0.3 is 10.1 Å². The van der Waals surface area contributed by atoms with Crippen LogP contribution < -0.4 is 14.4 Å². The van der Waals surface area contributed by atoms with Crippen molar-refractivity contribution in [2.45, 2.75) is 19.4 Å². The van der Waals surface area contributed by atoms with E-state index in [4.69, 9.17) is 4.74 Å². The van der Waals surface area contributed by atoms with Crippen LogP contribution >= 0.6 is 23.7 Å². The fourth-order valence-electron chi connectivity index (χ4n) is 3.56. The summed E-state index contributed by atoms with van der Waals surface area (Å²) in [7, 11) is -1.64. The van der Waals surface area contributed by atoms with Crippen LogP contribution in [0.4, 0.5) is 16.5 Å². The Morgan fingerprint density at radius 2 is 2.03 bits per heavy atom. The van der Waals surface area contributed by atoms with Gasteiger partial charge in [0.1, 0.15) is 5.75 Å². The van der Waals surface area contributed by atoms with Gasteiger partial charge in [0, 0.05) is 28.7 Å². The largest absolute Gasteiger partial charge is 0.497 e. The molecule has 3 aromatic rings.